The van der Waals surface area contributed by atoms with Crippen LogP contribution < -0.4 is 5.32 Å². The summed E-state index contributed by atoms with van der Waals surface area (Å²) in [5.41, 5.74) is 0.362. The lowest BCUT2D eigenvalue weighted by Gasteiger charge is -2.30. The van der Waals surface area contributed by atoms with Gasteiger partial charge in [0.25, 0.3) is 11.8 Å². The van der Waals surface area contributed by atoms with Crippen molar-refractivity contribution >= 4 is 46.4 Å². The Morgan fingerprint density at radius 1 is 1.26 bits per heavy atom. The number of ether oxygens (including phenoxy) is 1. The number of anilines is 1. The van der Waals surface area contributed by atoms with Crippen molar-refractivity contribution in [3.63, 3.8) is 0 Å². The fraction of sp³-hybridized carbons (Fsp3) is 0.333. The summed E-state index contributed by atoms with van der Waals surface area (Å²) < 4.78 is 5.11. The van der Waals surface area contributed by atoms with E-state index in [0.717, 1.165) is 0 Å². The molecular weight excluding hydrogens is 390 g/mol. The Bertz CT molecular complexity index is 820. The molecule has 142 valence electrons. The Balaban J connectivity index is 1.42. The summed E-state index contributed by atoms with van der Waals surface area (Å²) in [6, 6.07) is 6.88. The smallest absolute Gasteiger partial charge is 0.309 e. The van der Waals surface area contributed by atoms with Crippen molar-refractivity contribution in [1.82, 2.24) is 9.88 Å². The number of thiophene rings is 1. The Hall–Kier alpha value is -2.45. The van der Waals surface area contributed by atoms with Crippen LogP contribution in [0.4, 0.5) is 5.69 Å². The van der Waals surface area contributed by atoms with E-state index in [9.17, 15) is 14.4 Å². The SMILES string of the molecule is O=C(COC(=O)C1CCN(C(=O)c2cccs2)CC1)Nc1cccnc1Cl. The third-order valence-corrected chi connectivity index (χ3v) is 5.39. The molecule has 1 saturated heterocycles. The van der Waals surface area contributed by atoms with Crippen LogP contribution in [0, 0.1) is 5.92 Å². The van der Waals surface area contributed by atoms with Gasteiger partial charge >= 0.3 is 5.97 Å². The monoisotopic (exact) mass is 407 g/mol. The fourth-order valence-electron chi connectivity index (χ4n) is 2.79. The van der Waals surface area contributed by atoms with Gasteiger partial charge in [0.1, 0.15) is 0 Å². The molecule has 0 saturated carbocycles. The van der Waals surface area contributed by atoms with Crippen molar-refractivity contribution in [2.45, 2.75) is 12.8 Å². The molecule has 0 aliphatic carbocycles. The zero-order valence-electron chi connectivity index (χ0n) is 14.4. The average molecular weight is 408 g/mol. The van der Waals surface area contributed by atoms with Gasteiger partial charge in [-0.15, -0.1) is 11.3 Å². The summed E-state index contributed by atoms with van der Waals surface area (Å²) in [5.74, 6) is -1.23. The van der Waals surface area contributed by atoms with Crippen LogP contribution in [0.1, 0.15) is 22.5 Å². The van der Waals surface area contributed by atoms with Gasteiger partial charge in [0.2, 0.25) is 0 Å². The first-order valence-electron chi connectivity index (χ1n) is 8.44. The molecule has 2 aromatic rings. The Kier molecular flexibility index (Phi) is 6.41. The van der Waals surface area contributed by atoms with Crippen molar-refractivity contribution in [2.24, 2.45) is 5.92 Å². The summed E-state index contributed by atoms with van der Waals surface area (Å²) in [7, 11) is 0. The van der Waals surface area contributed by atoms with Crippen LogP contribution in [0.3, 0.4) is 0 Å². The quantitative estimate of drug-likeness (QED) is 0.608. The second kappa shape index (κ2) is 8.96. The molecule has 0 spiro atoms. The van der Waals surface area contributed by atoms with Crippen LogP contribution in [0.15, 0.2) is 35.8 Å². The molecular formula is C18H18ClN3O4S. The van der Waals surface area contributed by atoms with Crippen LogP contribution in [-0.4, -0.2) is 47.4 Å². The normalized spacial score (nSPS) is 14.6. The predicted molar refractivity (Wildman–Crippen MR) is 102 cm³/mol. The second-order valence-electron chi connectivity index (χ2n) is 6.04. The lowest BCUT2D eigenvalue weighted by atomic mass is 9.97. The molecule has 0 unspecified atom stereocenters. The van der Waals surface area contributed by atoms with E-state index >= 15 is 0 Å². The molecule has 0 atom stereocenters. The molecule has 3 heterocycles. The Morgan fingerprint density at radius 2 is 2.04 bits per heavy atom. The summed E-state index contributed by atoms with van der Waals surface area (Å²) in [4.78, 5) is 42.7. The van der Waals surface area contributed by atoms with E-state index in [1.165, 1.54) is 17.5 Å². The molecule has 9 heteroatoms. The maximum atomic E-state index is 12.3. The number of hydrogen-bond acceptors (Lipinski definition) is 6. The number of amides is 2. The molecule has 0 radical (unpaired) electrons. The lowest BCUT2D eigenvalue weighted by Crippen LogP contribution is -2.40. The molecule has 0 bridgehead atoms. The van der Waals surface area contributed by atoms with Gasteiger partial charge < -0.3 is 15.0 Å². The number of pyridine rings is 1. The number of carbonyl (C=O) groups is 3. The lowest BCUT2D eigenvalue weighted by molar-refractivity contribution is -0.152. The van der Waals surface area contributed by atoms with Crippen LogP contribution in [0.25, 0.3) is 0 Å². The average Bonchev–Trinajstić information content (AvgIpc) is 3.22. The number of aromatic nitrogens is 1. The van der Waals surface area contributed by atoms with E-state index in [-0.39, 0.29) is 17.0 Å². The van der Waals surface area contributed by atoms with Crippen LogP contribution in [0.5, 0.6) is 0 Å². The molecule has 3 rings (SSSR count). The fourth-order valence-corrected chi connectivity index (χ4v) is 3.65. The number of nitrogens with zero attached hydrogens (tertiary/aromatic N) is 2. The zero-order valence-corrected chi connectivity index (χ0v) is 16.0. The zero-order chi connectivity index (χ0) is 19.2. The predicted octanol–water partition coefficient (Wildman–Crippen LogP) is 2.83. The largest absolute Gasteiger partial charge is 0.455 e. The number of piperidine rings is 1. The Morgan fingerprint density at radius 3 is 2.70 bits per heavy atom. The third-order valence-electron chi connectivity index (χ3n) is 4.23. The number of hydrogen-bond donors (Lipinski definition) is 1. The minimum atomic E-state index is -0.483. The van der Waals surface area contributed by atoms with Crippen LogP contribution in [0.2, 0.25) is 5.15 Å². The molecule has 27 heavy (non-hydrogen) atoms. The number of nitrogens with one attached hydrogen (secondary N) is 1. The highest BCUT2D eigenvalue weighted by molar-refractivity contribution is 7.12. The number of carbonyl (C=O) groups excluding carboxylic acids is 3. The number of likely N-dealkylation sites (tertiary alicyclic amines) is 1. The van der Waals surface area contributed by atoms with Crippen LogP contribution in [-0.2, 0) is 14.3 Å². The summed E-state index contributed by atoms with van der Waals surface area (Å²) >= 11 is 7.27. The highest BCUT2D eigenvalue weighted by Gasteiger charge is 2.29. The highest BCUT2D eigenvalue weighted by Crippen LogP contribution is 2.22. The Labute approximate surface area is 165 Å². The summed E-state index contributed by atoms with van der Waals surface area (Å²) in [6.45, 7) is 0.598. The van der Waals surface area contributed by atoms with Gasteiger partial charge in [0, 0.05) is 19.3 Å². The van der Waals surface area contributed by atoms with E-state index in [1.807, 2.05) is 11.4 Å². The molecule has 1 N–H and O–H groups in total. The van der Waals surface area contributed by atoms with Crippen LogP contribution >= 0.6 is 22.9 Å². The minimum Gasteiger partial charge on any atom is -0.455 e. The minimum absolute atomic E-state index is 0.00968. The van der Waals surface area contributed by atoms with E-state index in [1.54, 1.807) is 23.1 Å². The third kappa shape index (κ3) is 5.05. The highest BCUT2D eigenvalue weighted by atomic mass is 35.5. The van der Waals surface area contributed by atoms with E-state index in [2.05, 4.69) is 10.3 Å². The van der Waals surface area contributed by atoms with Gasteiger partial charge in [-0.1, -0.05) is 17.7 Å². The van der Waals surface area contributed by atoms with Gasteiger partial charge in [-0.2, -0.15) is 0 Å². The first-order valence-corrected chi connectivity index (χ1v) is 9.70. The summed E-state index contributed by atoms with van der Waals surface area (Å²) in [6.07, 6.45) is 2.55. The molecule has 0 aromatic carbocycles. The van der Waals surface area contributed by atoms with Gasteiger partial charge in [-0.3, -0.25) is 14.4 Å². The first kappa shape index (κ1) is 19.3. The molecule has 1 aliphatic heterocycles. The van der Waals surface area contributed by atoms with Gasteiger partial charge in [-0.25, -0.2) is 4.98 Å². The van der Waals surface area contributed by atoms with E-state index in [0.29, 0.717) is 36.5 Å². The van der Waals surface area contributed by atoms with Gasteiger partial charge in [-0.05, 0) is 36.4 Å². The molecule has 2 amide bonds. The number of esters is 1. The van der Waals surface area contributed by atoms with E-state index in [4.69, 9.17) is 16.3 Å². The second-order valence-corrected chi connectivity index (χ2v) is 7.35. The van der Waals surface area contributed by atoms with Crippen molar-refractivity contribution in [1.29, 1.82) is 0 Å². The molecule has 1 fully saturated rings. The van der Waals surface area contributed by atoms with Crippen molar-refractivity contribution in [2.75, 3.05) is 25.0 Å². The topological polar surface area (TPSA) is 88.6 Å². The van der Waals surface area contributed by atoms with Crippen molar-refractivity contribution in [3.8, 4) is 0 Å². The first-order chi connectivity index (χ1) is 13.0. The molecule has 7 nitrogen and oxygen atoms in total. The molecule has 1 aliphatic rings. The maximum Gasteiger partial charge on any atom is 0.309 e. The van der Waals surface area contributed by atoms with E-state index < -0.39 is 18.5 Å². The van der Waals surface area contributed by atoms with Crippen molar-refractivity contribution < 1.29 is 19.1 Å². The van der Waals surface area contributed by atoms with Gasteiger partial charge in [0.15, 0.2) is 11.8 Å². The number of rotatable bonds is 5. The maximum absolute atomic E-state index is 12.3. The summed E-state index contributed by atoms with van der Waals surface area (Å²) in [5, 5.41) is 4.57. The van der Waals surface area contributed by atoms with Gasteiger partial charge in [0.05, 0.1) is 16.5 Å². The van der Waals surface area contributed by atoms with Crippen molar-refractivity contribution in [3.05, 3.63) is 45.9 Å². The standard InChI is InChI=1S/C18H18ClN3O4S/c19-16-13(3-1-7-20-16)21-15(23)11-26-18(25)12-5-8-22(9-6-12)17(24)14-4-2-10-27-14/h1-4,7,10,12H,5-6,8-9,11H2,(H,21,23). The number of halogens is 1. The molecule has 2 aromatic heterocycles.